The Labute approximate surface area is 178 Å². The number of pyridine rings is 2. The highest BCUT2D eigenvalue weighted by Crippen LogP contribution is 2.27. The summed E-state index contributed by atoms with van der Waals surface area (Å²) < 4.78 is 50.8. The first-order chi connectivity index (χ1) is 16.4. The molecule has 1 fully saturated rings. The van der Waals surface area contributed by atoms with Crippen molar-refractivity contribution in [3.05, 3.63) is 36.6 Å². The molecule has 29 heavy (non-hydrogen) atoms. The number of aryl methyl sites for hydroxylation is 1. The van der Waals surface area contributed by atoms with Gasteiger partial charge in [0.25, 0.3) is 0 Å². The molecule has 1 amide bonds. The van der Waals surface area contributed by atoms with Gasteiger partial charge in [-0.2, -0.15) is 0 Å². The van der Waals surface area contributed by atoms with E-state index < -0.39 is 19.7 Å². The van der Waals surface area contributed by atoms with Gasteiger partial charge in [-0.3, -0.25) is 9.78 Å². The van der Waals surface area contributed by atoms with Crippen molar-refractivity contribution >= 4 is 22.5 Å². The molecule has 0 spiro atoms. The van der Waals surface area contributed by atoms with E-state index in [-0.39, 0.29) is 17.9 Å². The lowest BCUT2D eigenvalue weighted by atomic mass is 9.85. The molecule has 0 unspecified atom stereocenters. The van der Waals surface area contributed by atoms with Crippen molar-refractivity contribution in [1.29, 1.82) is 0 Å². The van der Waals surface area contributed by atoms with E-state index in [1.807, 2.05) is 6.07 Å². The van der Waals surface area contributed by atoms with Crippen LogP contribution in [-0.2, 0) is 4.79 Å². The SMILES string of the molecule is [2H]C([2H])([2H])C(NC1CCC(C(=O)Nc2cc3cc(-c4cnc(C)o4)ncc3cn2)CC1)C([2H])([2H])[2H]. The highest BCUT2D eigenvalue weighted by Gasteiger charge is 2.26. The number of carbonyl (C=O) groups excluding carboxylic acids is 1. The zero-order valence-corrected chi connectivity index (χ0v) is 16.1. The first-order valence-corrected chi connectivity index (χ1v) is 9.65. The van der Waals surface area contributed by atoms with Gasteiger partial charge in [0.05, 0.1) is 6.20 Å². The number of carbonyl (C=O) groups is 1. The minimum absolute atomic E-state index is 0.168. The Hall–Kier alpha value is -2.80. The van der Waals surface area contributed by atoms with Crippen molar-refractivity contribution in [1.82, 2.24) is 20.3 Å². The van der Waals surface area contributed by atoms with Crippen LogP contribution in [0.1, 0.15) is 53.5 Å². The molecule has 0 aromatic carbocycles. The number of hydrogen-bond acceptors (Lipinski definition) is 6. The number of nitrogens with one attached hydrogen (secondary N) is 2. The van der Waals surface area contributed by atoms with Crippen LogP contribution in [0.25, 0.3) is 22.2 Å². The number of anilines is 1. The van der Waals surface area contributed by atoms with E-state index in [2.05, 4.69) is 25.6 Å². The van der Waals surface area contributed by atoms with Crippen molar-refractivity contribution in [2.75, 3.05) is 5.32 Å². The third-order valence-corrected chi connectivity index (χ3v) is 5.23. The standard InChI is InChI=1S/C22H27N5O2/c1-13(2)26-18-6-4-15(5-7-18)22(28)27-21-9-16-8-19(20-12-23-14(3)29-20)24-10-17(16)11-25-21/h8-13,15,18,26H,4-7H2,1-3H3,(H,25,27,28)/i1D3,2D3. The summed E-state index contributed by atoms with van der Waals surface area (Å²) in [7, 11) is 0. The van der Waals surface area contributed by atoms with E-state index in [0.29, 0.717) is 48.8 Å². The van der Waals surface area contributed by atoms with Gasteiger partial charge in [0.15, 0.2) is 11.7 Å². The minimum Gasteiger partial charge on any atom is -0.439 e. The Morgan fingerprint density at radius 3 is 2.62 bits per heavy atom. The zero-order valence-electron chi connectivity index (χ0n) is 22.1. The number of nitrogens with zero attached hydrogens (tertiary/aromatic N) is 3. The van der Waals surface area contributed by atoms with Gasteiger partial charge in [-0.1, -0.05) is 13.7 Å². The highest BCUT2D eigenvalue weighted by atomic mass is 16.4. The number of aromatic nitrogens is 3. The maximum atomic E-state index is 12.9. The van der Waals surface area contributed by atoms with E-state index in [1.54, 1.807) is 31.6 Å². The molecule has 1 aliphatic carbocycles. The smallest absolute Gasteiger partial charge is 0.228 e. The summed E-state index contributed by atoms with van der Waals surface area (Å²) in [4.78, 5) is 25.6. The van der Waals surface area contributed by atoms with Crippen LogP contribution in [0.3, 0.4) is 0 Å². The lowest BCUT2D eigenvalue weighted by Gasteiger charge is -2.29. The number of rotatable bonds is 5. The summed E-state index contributed by atoms with van der Waals surface area (Å²) in [5.74, 6) is 1.07. The molecule has 0 aliphatic heterocycles. The molecule has 7 heteroatoms. The van der Waals surface area contributed by atoms with Crippen molar-refractivity contribution in [2.45, 2.75) is 58.4 Å². The van der Waals surface area contributed by atoms with Crippen LogP contribution in [0.5, 0.6) is 0 Å². The second-order valence-corrected chi connectivity index (χ2v) is 7.37. The van der Waals surface area contributed by atoms with Crippen LogP contribution in [0.4, 0.5) is 5.82 Å². The van der Waals surface area contributed by atoms with Gasteiger partial charge in [-0.25, -0.2) is 9.97 Å². The summed E-state index contributed by atoms with van der Waals surface area (Å²) >= 11 is 0. The Bertz CT molecular complexity index is 1190. The monoisotopic (exact) mass is 399 g/mol. The quantitative estimate of drug-likeness (QED) is 0.671. The molecule has 0 atom stereocenters. The number of oxazole rings is 1. The van der Waals surface area contributed by atoms with Gasteiger partial charge in [0.1, 0.15) is 11.5 Å². The Balaban J connectivity index is 1.38. The van der Waals surface area contributed by atoms with Gasteiger partial charge in [0.2, 0.25) is 5.91 Å². The normalized spacial score (nSPS) is 23.5. The second-order valence-electron chi connectivity index (χ2n) is 7.37. The summed E-state index contributed by atoms with van der Waals surface area (Å²) in [5, 5.41) is 7.31. The van der Waals surface area contributed by atoms with Crippen molar-refractivity contribution < 1.29 is 17.4 Å². The lowest BCUT2D eigenvalue weighted by Crippen LogP contribution is -2.39. The molecule has 0 saturated heterocycles. The van der Waals surface area contributed by atoms with Crippen molar-refractivity contribution in [3.63, 3.8) is 0 Å². The molecule has 0 radical (unpaired) electrons. The molecule has 2 N–H and O–H groups in total. The number of amides is 1. The van der Waals surface area contributed by atoms with Crippen molar-refractivity contribution in [2.24, 2.45) is 5.92 Å². The Kier molecular flexibility index (Phi) is 3.84. The number of fused-ring (bicyclic) bond motifs is 1. The molecule has 1 aliphatic rings. The average molecular weight is 400 g/mol. The average Bonchev–Trinajstić information content (AvgIpc) is 3.22. The molecule has 3 aromatic rings. The van der Waals surface area contributed by atoms with Gasteiger partial charge < -0.3 is 15.1 Å². The van der Waals surface area contributed by atoms with E-state index in [9.17, 15) is 4.79 Å². The highest BCUT2D eigenvalue weighted by molar-refractivity contribution is 5.94. The number of hydrogen-bond donors (Lipinski definition) is 2. The van der Waals surface area contributed by atoms with Crippen LogP contribution in [0.2, 0.25) is 0 Å². The molecule has 4 rings (SSSR count). The maximum Gasteiger partial charge on any atom is 0.228 e. The minimum atomic E-state index is -2.64. The maximum absolute atomic E-state index is 12.9. The third kappa shape index (κ3) is 4.62. The zero-order chi connectivity index (χ0) is 25.4. The summed E-state index contributed by atoms with van der Waals surface area (Å²) in [6.45, 7) is -3.52. The third-order valence-electron chi connectivity index (χ3n) is 5.23. The largest absolute Gasteiger partial charge is 0.439 e. The summed E-state index contributed by atoms with van der Waals surface area (Å²) in [6, 6.07) is 1.75. The Morgan fingerprint density at radius 1 is 1.10 bits per heavy atom. The van der Waals surface area contributed by atoms with Gasteiger partial charge in [0, 0.05) is 50.9 Å². The molecule has 7 nitrogen and oxygen atoms in total. The molecule has 0 bridgehead atoms. The van der Waals surface area contributed by atoms with Crippen LogP contribution in [0.15, 0.2) is 35.1 Å². The van der Waals surface area contributed by atoms with Crippen molar-refractivity contribution in [3.8, 4) is 11.5 Å². The summed E-state index contributed by atoms with van der Waals surface area (Å²) in [6.07, 6.45) is 6.99. The second kappa shape index (κ2) is 8.29. The van der Waals surface area contributed by atoms with E-state index in [4.69, 9.17) is 12.6 Å². The predicted molar refractivity (Wildman–Crippen MR) is 112 cm³/mol. The van der Waals surface area contributed by atoms with Crippen LogP contribution < -0.4 is 10.6 Å². The van der Waals surface area contributed by atoms with Gasteiger partial charge in [-0.05, 0) is 43.2 Å². The molecule has 3 aromatic heterocycles. The Morgan fingerprint density at radius 2 is 1.90 bits per heavy atom. The van der Waals surface area contributed by atoms with Crippen LogP contribution in [-0.4, -0.2) is 32.9 Å². The van der Waals surface area contributed by atoms with E-state index in [0.717, 1.165) is 10.8 Å². The fraction of sp³-hybridized carbons (Fsp3) is 0.455. The first-order valence-electron chi connectivity index (χ1n) is 12.7. The summed E-state index contributed by atoms with van der Waals surface area (Å²) in [5.41, 5.74) is 0.625. The molecule has 152 valence electrons. The fourth-order valence-corrected chi connectivity index (χ4v) is 3.71. The van der Waals surface area contributed by atoms with Crippen LogP contribution in [0, 0.1) is 12.8 Å². The van der Waals surface area contributed by atoms with E-state index in [1.165, 1.54) is 0 Å². The first kappa shape index (κ1) is 13.4. The molecular formula is C22H27N5O2. The van der Waals surface area contributed by atoms with Crippen LogP contribution >= 0.6 is 0 Å². The fourth-order valence-electron chi connectivity index (χ4n) is 3.71. The van der Waals surface area contributed by atoms with E-state index >= 15 is 0 Å². The molecular weight excluding hydrogens is 366 g/mol. The van der Waals surface area contributed by atoms with Gasteiger partial charge in [-0.15, -0.1) is 0 Å². The molecule has 3 heterocycles. The predicted octanol–water partition coefficient (Wildman–Crippen LogP) is 4.09. The molecule has 1 saturated carbocycles. The topological polar surface area (TPSA) is 92.9 Å². The van der Waals surface area contributed by atoms with Gasteiger partial charge >= 0.3 is 0 Å². The lowest BCUT2D eigenvalue weighted by molar-refractivity contribution is -0.120.